The lowest BCUT2D eigenvalue weighted by molar-refractivity contribution is -0.870. The van der Waals surface area contributed by atoms with Crippen molar-refractivity contribution in [2.75, 3.05) is 47.5 Å². The van der Waals surface area contributed by atoms with Gasteiger partial charge in [-0.3, -0.25) is 9.59 Å². The summed E-state index contributed by atoms with van der Waals surface area (Å²) in [6.45, 7) is 4.86. The number of quaternary nitrogens is 1. The summed E-state index contributed by atoms with van der Waals surface area (Å²) in [6, 6.07) is 0. The fourth-order valence-electron chi connectivity index (χ4n) is 14.0. The number of nitrogens with zero attached hydrogens (tertiary/aromatic N) is 1. The first-order chi connectivity index (χ1) is 47.1. The number of unbranched alkanes of at least 4 members (excludes halogenated alkanes) is 69. The SMILES string of the molecule is CCCCCCCCCCCCCCCCCCCCCCCCCCCCCCCCCCCCCCCCCCC(=O)OC(COC(=O)CCCCCCCCCCCCCCCCCCCCCCCCCCCCCCCCC)COC(OCC[N+](C)(C)C)C(=O)[O-]. The predicted molar refractivity (Wildman–Crippen MR) is 413 cm³/mol. The monoisotopic (exact) mass is 1360 g/mol. The quantitative estimate of drug-likeness (QED) is 0.0256. The number of rotatable bonds is 84. The Kier molecular flexibility index (Phi) is 77.6. The highest BCUT2D eigenvalue weighted by Gasteiger charge is 2.22. The van der Waals surface area contributed by atoms with Gasteiger partial charge in [-0.2, -0.15) is 0 Å². The van der Waals surface area contributed by atoms with Crippen molar-refractivity contribution in [3.8, 4) is 0 Å². The molecule has 0 aromatic rings. The third-order valence-corrected chi connectivity index (χ3v) is 20.6. The summed E-state index contributed by atoms with van der Waals surface area (Å²) in [5, 5.41) is 11.9. The van der Waals surface area contributed by atoms with E-state index in [0.29, 0.717) is 17.4 Å². The summed E-state index contributed by atoms with van der Waals surface area (Å²) in [7, 11) is 5.96. The van der Waals surface area contributed by atoms with Gasteiger partial charge < -0.3 is 33.3 Å². The third-order valence-electron chi connectivity index (χ3n) is 20.6. The Morgan fingerprint density at radius 1 is 0.271 bits per heavy atom. The fraction of sp³-hybridized carbons (Fsp3) is 0.966. The van der Waals surface area contributed by atoms with E-state index in [9.17, 15) is 19.5 Å². The molecule has 0 aliphatic carbocycles. The number of carboxylic acids is 1. The van der Waals surface area contributed by atoms with E-state index in [4.69, 9.17) is 18.9 Å². The Labute approximate surface area is 600 Å². The van der Waals surface area contributed by atoms with E-state index in [2.05, 4.69) is 13.8 Å². The second-order valence-corrected chi connectivity index (χ2v) is 31.6. The molecule has 2 unspecified atom stereocenters. The number of esters is 2. The number of carboxylic acid groups (broad SMARTS) is 1. The highest BCUT2D eigenvalue weighted by atomic mass is 16.7. The van der Waals surface area contributed by atoms with Gasteiger partial charge in [0.2, 0.25) is 0 Å². The van der Waals surface area contributed by atoms with E-state index in [1.807, 2.05) is 21.1 Å². The highest BCUT2D eigenvalue weighted by Crippen LogP contribution is 2.22. The summed E-state index contributed by atoms with van der Waals surface area (Å²) >= 11 is 0. The van der Waals surface area contributed by atoms with Crippen LogP contribution in [0.4, 0.5) is 0 Å². The van der Waals surface area contributed by atoms with Crippen molar-refractivity contribution in [2.45, 2.75) is 495 Å². The lowest BCUT2D eigenvalue weighted by Gasteiger charge is -2.26. The Balaban J connectivity index is 3.88. The van der Waals surface area contributed by atoms with Crippen LogP contribution in [0.1, 0.15) is 483 Å². The van der Waals surface area contributed by atoms with Crippen LogP contribution in [0.25, 0.3) is 0 Å². The second-order valence-electron chi connectivity index (χ2n) is 31.6. The molecule has 96 heavy (non-hydrogen) atoms. The molecule has 0 rings (SSSR count). The molecule has 0 aromatic carbocycles. The minimum atomic E-state index is -1.62. The van der Waals surface area contributed by atoms with Gasteiger partial charge in [0.05, 0.1) is 40.3 Å². The van der Waals surface area contributed by atoms with Crippen LogP contribution >= 0.6 is 0 Å². The molecule has 0 heterocycles. The van der Waals surface area contributed by atoms with Crippen molar-refractivity contribution in [1.82, 2.24) is 0 Å². The predicted octanol–water partition coefficient (Wildman–Crippen LogP) is 26.8. The van der Waals surface area contributed by atoms with E-state index >= 15 is 0 Å². The Morgan fingerprint density at radius 3 is 0.667 bits per heavy atom. The zero-order valence-electron chi connectivity index (χ0n) is 65.8. The van der Waals surface area contributed by atoms with Gasteiger partial charge in [0, 0.05) is 12.8 Å². The zero-order chi connectivity index (χ0) is 69.7. The molecule has 0 aliphatic rings. The van der Waals surface area contributed by atoms with Crippen molar-refractivity contribution < 1.29 is 42.9 Å². The van der Waals surface area contributed by atoms with Gasteiger partial charge in [-0.05, 0) is 12.8 Å². The fourth-order valence-corrected chi connectivity index (χ4v) is 14.0. The smallest absolute Gasteiger partial charge is 0.306 e. The molecule has 0 bridgehead atoms. The molecule has 0 radical (unpaired) electrons. The van der Waals surface area contributed by atoms with Crippen LogP contribution in [0.3, 0.4) is 0 Å². The van der Waals surface area contributed by atoms with Crippen molar-refractivity contribution in [3.63, 3.8) is 0 Å². The maximum atomic E-state index is 13.0. The van der Waals surface area contributed by atoms with Gasteiger partial charge in [0.15, 0.2) is 12.4 Å². The van der Waals surface area contributed by atoms with Crippen LogP contribution in [-0.4, -0.2) is 82.3 Å². The molecule has 0 saturated heterocycles. The van der Waals surface area contributed by atoms with Gasteiger partial charge in [0.25, 0.3) is 0 Å². The van der Waals surface area contributed by atoms with Crippen molar-refractivity contribution in [3.05, 3.63) is 0 Å². The molecule has 0 spiro atoms. The number of hydrogen-bond donors (Lipinski definition) is 0. The minimum absolute atomic E-state index is 0.154. The van der Waals surface area contributed by atoms with E-state index in [-0.39, 0.29) is 32.2 Å². The van der Waals surface area contributed by atoms with Crippen LogP contribution < -0.4 is 5.11 Å². The average Bonchev–Trinajstić information content (AvgIpc) is 2.72. The maximum absolute atomic E-state index is 13.0. The minimum Gasteiger partial charge on any atom is -0.545 e. The van der Waals surface area contributed by atoms with Crippen molar-refractivity contribution in [2.24, 2.45) is 0 Å². The normalized spacial score (nSPS) is 12.5. The van der Waals surface area contributed by atoms with Gasteiger partial charge in [0.1, 0.15) is 13.2 Å². The molecule has 9 heteroatoms. The molecule has 0 fully saturated rings. The summed E-state index contributed by atoms with van der Waals surface area (Å²) < 4.78 is 22.9. The second kappa shape index (κ2) is 79.0. The molecule has 572 valence electrons. The zero-order valence-corrected chi connectivity index (χ0v) is 65.8. The first-order valence-corrected chi connectivity index (χ1v) is 43.7. The number of carbonyl (C=O) groups is 3. The van der Waals surface area contributed by atoms with Crippen LogP contribution in [0, 0.1) is 0 Å². The maximum Gasteiger partial charge on any atom is 0.306 e. The van der Waals surface area contributed by atoms with E-state index in [1.54, 1.807) is 0 Å². The molecular weight excluding hydrogens is 1190 g/mol. The standard InChI is InChI=1S/C87H171NO8/c1-6-8-10-12-14-16-18-20-22-24-26-28-30-32-34-36-38-39-40-41-42-43-44-45-46-48-50-52-54-56-58-60-62-64-66-68-70-72-74-76-78-85(90)96-83(82-95-87(86(91)92)93-80-79-88(3,4)5)81-94-84(89)77-75-73-71-69-67-65-63-61-59-57-55-53-51-49-47-37-35-33-31-29-27-25-23-21-19-17-15-13-11-9-7-2/h83,87H,6-82H2,1-5H3. The molecule has 0 amide bonds. The van der Waals surface area contributed by atoms with Gasteiger partial charge in [-0.25, -0.2) is 0 Å². The van der Waals surface area contributed by atoms with E-state index in [1.165, 1.54) is 417 Å². The molecule has 2 atom stereocenters. The molecular formula is C87H171NO8. The summed E-state index contributed by atoms with van der Waals surface area (Å²) in [5.74, 6) is -2.24. The van der Waals surface area contributed by atoms with Crippen LogP contribution in [-0.2, 0) is 33.3 Å². The molecule has 9 nitrogen and oxygen atoms in total. The van der Waals surface area contributed by atoms with Crippen molar-refractivity contribution in [1.29, 1.82) is 0 Å². The van der Waals surface area contributed by atoms with Gasteiger partial charge >= 0.3 is 11.9 Å². The number of ether oxygens (including phenoxy) is 4. The first kappa shape index (κ1) is 94.3. The van der Waals surface area contributed by atoms with E-state index < -0.39 is 24.3 Å². The average molecular weight is 1360 g/mol. The molecule has 0 aromatic heterocycles. The molecule has 0 aliphatic heterocycles. The Morgan fingerprint density at radius 2 is 0.469 bits per heavy atom. The summed E-state index contributed by atoms with van der Waals surface area (Å²) in [5.41, 5.74) is 0. The number of likely N-dealkylation sites (N-methyl/N-ethyl adjacent to an activating group) is 1. The van der Waals surface area contributed by atoms with Crippen LogP contribution in [0.5, 0.6) is 0 Å². The number of hydrogen-bond acceptors (Lipinski definition) is 8. The number of aliphatic carboxylic acids is 1. The lowest BCUT2D eigenvalue weighted by Crippen LogP contribution is -2.44. The third kappa shape index (κ3) is 79.6. The van der Waals surface area contributed by atoms with Gasteiger partial charge in [-0.15, -0.1) is 0 Å². The van der Waals surface area contributed by atoms with Crippen molar-refractivity contribution >= 4 is 17.9 Å². The summed E-state index contributed by atoms with van der Waals surface area (Å²) in [4.78, 5) is 37.6. The van der Waals surface area contributed by atoms with Crippen LogP contribution in [0.2, 0.25) is 0 Å². The molecule has 0 N–H and O–H groups in total. The van der Waals surface area contributed by atoms with Gasteiger partial charge in [-0.1, -0.05) is 457 Å². The highest BCUT2D eigenvalue weighted by molar-refractivity contribution is 5.70. The Hall–Kier alpha value is -1.71. The lowest BCUT2D eigenvalue weighted by atomic mass is 10.0. The number of carbonyl (C=O) groups excluding carboxylic acids is 3. The van der Waals surface area contributed by atoms with E-state index in [0.717, 1.165) is 38.5 Å². The largest absolute Gasteiger partial charge is 0.545 e. The van der Waals surface area contributed by atoms with Crippen LogP contribution in [0.15, 0.2) is 0 Å². The summed E-state index contributed by atoms with van der Waals surface area (Å²) in [6.07, 6.45) is 95.6. The topological polar surface area (TPSA) is 111 Å². The first-order valence-electron chi connectivity index (χ1n) is 43.7. The molecule has 0 saturated carbocycles. The Bertz CT molecular complexity index is 1530.